The Hall–Kier alpha value is -2.04. The second-order valence-corrected chi connectivity index (χ2v) is 5.41. The third-order valence-corrected chi connectivity index (χ3v) is 4.00. The minimum absolute atomic E-state index is 0.0172. The molecule has 1 unspecified atom stereocenters. The Kier molecular flexibility index (Phi) is 4.27. The van der Waals surface area contributed by atoms with Gasteiger partial charge in [0.2, 0.25) is 0 Å². The summed E-state index contributed by atoms with van der Waals surface area (Å²) in [4.78, 5) is 14.3. The second kappa shape index (κ2) is 5.94. The molecule has 20 heavy (non-hydrogen) atoms. The maximum absolute atomic E-state index is 12.5. The summed E-state index contributed by atoms with van der Waals surface area (Å²) in [6, 6.07) is 5.75. The molecule has 0 bridgehead atoms. The van der Waals surface area contributed by atoms with Gasteiger partial charge < -0.3 is 15.8 Å². The van der Waals surface area contributed by atoms with E-state index in [2.05, 4.69) is 5.16 Å². The number of oxime groups is 1. The van der Waals surface area contributed by atoms with E-state index in [9.17, 15) is 4.79 Å². The lowest BCUT2D eigenvalue weighted by Crippen LogP contribution is -2.44. The normalized spacial score (nSPS) is 20.0. The smallest absolute Gasteiger partial charge is 0.253 e. The summed E-state index contributed by atoms with van der Waals surface area (Å²) in [5.41, 5.74) is 8.64. The fourth-order valence-electron chi connectivity index (χ4n) is 2.54. The van der Waals surface area contributed by atoms with Gasteiger partial charge in [0.25, 0.3) is 5.91 Å². The number of carbonyl (C=O) groups excluding carboxylic acids is 1. The van der Waals surface area contributed by atoms with Gasteiger partial charge in [-0.2, -0.15) is 0 Å². The van der Waals surface area contributed by atoms with Gasteiger partial charge >= 0.3 is 0 Å². The monoisotopic (exact) mass is 275 g/mol. The number of hydrogen-bond donors (Lipinski definition) is 2. The third-order valence-electron chi connectivity index (χ3n) is 4.00. The molecule has 0 saturated carbocycles. The van der Waals surface area contributed by atoms with E-state index >= 15 is 0 Å². The van der Waals surface area contributed by atoms with Crippen LogP contribution in [0, 0.1) is 19.8 Å². The van der Waals surface area contributed by atoms with Crippen LogP contribution in [0.1, 0.15) is 34.3 Å². The van der Waals surface area contributed by atoms with E-state index in [0.717, 1.165) is 24.9 Å². The average Bonchev–Trinajstić information content (AvgIpc) is 2.48. The molecule has 1 aromatic carbocycles. The van der Waals surface area contributed by atoms with Gasteiger partial charge in [-0.3, -0.25) is 4.79 Å². The highest BCUT2D eigenvalue weighted by atomic mass is 16.4. The zero-order valence-corrected chi connectivity index (χ0v) is 12.0. The molecule has 1 atom stereocenters. The van der Waals surface area contributed by atoms with E-state index in [1.54, 1.807) is 4.90 Å². The van der Waals surface area contributed by atoms with Crippen LogP contribution in [0.15, 0.2) is 23.4 Å². The van der Waals surface area contributed by atoms with E-state index in [1.807, 2.05) is 32.0 Å². The first-order chi connectivity index (χ1) is 9.52. The van der Waals surface area contributed by atoms with Gasteiger partial charge in [-0.05, 0) is 49.9 Å². The van der Waals surface area contributed by atoms with E-state index < -0.39 is 0 Å². The van der Waals surface area contributed by atoms with Crippen LogP contribution in [0.5, 0.6) is 0 Å². The maximum atomic E-state index is 12.5. The molecule has 1 aliphatic rings. The minimum Gasteiger partial charge on any atom is -0.409 e. The highest BCUT2D eigenvalue weighted by Gasteiger charge is 2.26. The molecular weight excluding hydrogens is 254 g/mol. The summed E-state index contributed by atoms with van der Waals surface area (Å²) in [6.07, 6.45) is 1.73. The Morgan fingerprint density at radius 1 is 1.40 bits per heavy atom. The molecule has 0 spiro atoms. The second-order valence-electron chi connectivity index (χ2n) is 5.41. The van der Waals surface area contributed by atoms with E-state index in [-0.39, 0.29) is 17.7 Å². The fourth-order valence-corrected chi connectivity index (χ4v) is 2.54. The molecule has 0 radical (unpaired) electrons. The first-order valence-electron chi connectivity index (χ1n) is 6.87. The summed E-state index contributed by atoms with van der Waals surface area (Å²) >= 11 is 0. The molecule has 2 rings (SSSR count). The Morgan fingerprint density at radius 3 is 2.80 bits per heavy atom. The summed E-state index contributed by atoms with van der Waals surface area (Å²) < 4.78 is 0. The first-order valence-corrected chi connectivity index (χ1v) is 6.87. The zero-order chi connectivity index (χ0) is 14.7. The molecular formula is C15H21N3O2. The summed E-state index contributed by atoms with van der Waals surface area (Å²) in [7, 11) is 0. The zero-order valence-electron chi connectivity index (χ0n) is 12.0. The number of hydrogen-bond acceptors (Lipinski definition) is 3. The summed E-state index contributed by atoms with van der Waals surface area (Å²) in [5.74, 6) is 0.176. The van der Waals surface area contributed by atoms with E-state index in [4.69, 9.17) is 10.9 Å². The number of nitrogens with zero attached hydrogens (tertiary/aromatic N) is 2. The molecule has 5 nitrogen and oxygen atoms in total. The lowest BCUT2D eigenvalue weighted by atomic mass is 9.96. The minimum atomic E-state index is -0.0516. The quantitative estimate of drug-likeness (QED) is 0.374. The highest BCUT2D eigenvalue weighted by molar-refractivity contribution is 5.95. The van der Waals surface area contributed by atoms with Crippen LogP contribution in [-0.2, 0) is 0 Å². The van der Waals surface area contributed by atoms with E-state index in [1.165, 1.54) is 5.56 Å². The number of piperidine rings is 1. The largest absolute Gasteiger partial charge is 0.409 e. The maximum Gasteiger partial charge on any atom is 0.253 e. The fraction of sp³-hybridized carbons (Fsp3) is 0.467. The van der Waals surface area contributed by atoms with Gasteiger partial charge in [-0.1, -0.05) is 11.2 Å². The number of benzene rings is 1. The van der Waals surface area contributed by atoms with Crippen LogP contribution in [0.25, 0.3) is 0 Å². The Labute approximate surface area is 119 Å². The number of amides is 1. The van der Waals surface area contributed by atoms with Crippen molar-refractivity contribution >= 4 is 11.7 Å². The number of amidine groups is 1. The van der Waals surface area contributed by atoms with Gasteiger partial charge in [0.15, 0.2) is 0 Å². The van der Waals surface area contributed by atoms with Crippen molar-refractivity contribution in [3.8, 4) is 0 Å². The molecule has 1 fully saturated rings. The van der Waals surface area contributed by atoms with E-state index in [0.29, 0.717) is 12.1 Å². The molecule has 108 valence electrons. The van der Waals surface area contributed by atoms with Gasteiger partial charge in [0, 0.05) is 24.6 Å². The molecule has 1 aromatic rings. The third kappa shape index (κ3) is 2.92. The summed E-state index contributed by atoms with van der Waals surface area (Å²) in [6.45, 7) is 5.27. The molecule has 1 amide bonds. The van der Waals surface area contributed by atoms with Crippen molar-refractivity contribution < 1.29 is 10.0 Å². The van der Waals surface area contributed by atoms with Gasteiger partial charge in [-0.15, -0.1) is 0 Å². The van der Waals surface area contributed by atoms with Crippen molar-refractivity contribution in [3.05, 3.63) is 34.9 Å². The Morgan fingerprint density at radius 2 is 2.15 bits per heavy atom. The topological polar surface area (TPSA) is 78.9 Å². The van der Waals surface area contributed by atoms with Gasteiger partial charge in [0.05, 0.1) is 0 Å². The lowest BCUT2D eigenvalue weighted by molar-refractivity contribution is 0.0701. The van der Waals surface area contributed by atoms with Crippen molar-refractivity contribution in [2.24, 2.45) is 16.8 Å². The Balaban J connectivity index is 2.14. The number of aryl methyl sites for hydroxylation is 2. The van der Waals surface area contributed by atoms with Crippen LogP contribution in [-0.4, -0.2) is 34.9 Å². The summed E-state index contributed by atoms with van der Waals surface area (Å²) in [5, 5.41) is 11.8. The van der Waals surface area contributed by atoms with Crippen molar-refractivity contribution in [1.29, 1.82) is 0 Å². The molecule has 1 heterocycles. The Bertz CT molecular complexity index is 540. The van der Waals surface area contributed by atoms with Crippen molar-refractivity contribution in [3.63, 3.8) is 0 Å². The molecule has 0 aromatic heterocycles. The standard InChI is InChI=1S/C15H21N3O2/c1-10-5-6-12(8-11(10)2)15(19)18-7-3-4-13(9-18)14(16)17-20/h5-6,8,13,20H,3-4,7,9H2,1-2H3,(H2,16,17). The number of nitrogens with two attached hydrogens (primary N) is 1. The van der Waals surface area contributed by atoms with Gasteiger partial charge in [0.1, 0.15) is 5.84 Å². The van der Waals surface area contributed by atoms with Crippen molar-refractivity contribution in [2.75, 3.05) is 13.1 Å². The van der Waals surface area contributed by atoms with Crippen LogP contribution in [0.3, 0.4) is 0 Å². The van der Waals surface area contributed by atoms with Crippen LogP contribution >= 0.6 is 0 Å². The van der Waals surface area contributed by atoms with Crippen molar-refractivity contribution in [2.45, 2.75) is 26.7 Å². The van der Waals surface area contributed by atoms with Crippen LogP contribution in [0.4, 0.5) is 0 Å². The number of rotatable bonds is 2. The number of likely N-dealkylation sites (tertiary alicyclic amines) is 1. The van der Waals surface area contributed by atoms with Crippen LogP contribution in [0.2, 0.25) is 0 Å². The van der Waals surface area contributed by atoms with Crippen LogP contribution < -0.4 is 5.73 Å². The van der Waals surface area contributed by atoms with Gasteiger partial charge in [-0.25, -0.2) is 0 Å². The van der Waals surface area contributed by atoms with Crippen molar-refractivity contribution in [1.82, 2.24) is 4.90 Å². The lowest BCUT2D eigenvalue weighted by Gasteiger charge is -2.32. The number of carbonyl (C=O) groups is 1. The highest BCUT2D eigenvalue weighted by Crippen LogP contribution is 2.20. The predicted molar refractivity (Wildman–Crippen MR) is 78.0 cm³/mol. The molecule has 3 N–H and O–H groups in total. The molecule has 5 heteroatoms. The molecule has 1 saturated heterocycles. The SMILES string of the molecule is Cc1ccc(C(=O)N2CCCC(C(N)=NO)C2)cc1C. The first kappa shape index (κ1) is 14.4. The predicted octanol–water partition coefficient (Wildman–Crippen LogP) is 1.90. The molecule has 1 aliphatic heterocycles. The molecule has 0 aliphatic carbocycles. The average molecular weight is 275 g/mol.